The molecule has 0 radical (unpaired) electrons. The first-order valence-corrected chi connectivity index (χ1v) is 11.4. The summed E-state index contributed by atoms with van der Waals surface area (Å²) in [7, 11) is 3.05. The van der Waals surface area contributed by atoms with E-state index < -0.39 is 11.7 Å². The molecule has 4 rings (SSSR count). The fourth-order valence-electron chi connectivity index (χ4n) is 4.32. The third-order valence-corrected chi connectivity index (χ3v) is 6.02. The van der Waals surface area contributed by atoms with Crippen molar-refractivity contribution in [1.82, 2.24) is 19.7 Å². The number of rotatable bonds is 7. The molecule has 36 heavy (non-hydrogen) atoms. The van der Waals surface area contributed by atoms with Gasteiger partial charge in [0.25, 0.3) is 0 Å². The van der Waals surface area contributed by atoms with Gasteiger partial charge in [-0.1, -0.05) is 19.9 Å². The van der Waals surface area contributed by atoms with Crippen LogP contribution in [0, 0.1) is 12.8 Å². The number of anilines is 3. The van der Waals surface area contributed by atoms with Crippen LogP contribution in [-0.4, -0.2) is 45.9 Å². The maximum atomic E-state index is 13.3. The Kier molecular flexibility index (Phi) is 6.79. The van der Waals surface area contributed by atoms with Crippen LogP contribution in [0.4, 0.5) is 30.6 Å². The summed E-state index contributed by atoms with van der Waals surface area (Å²) >= 11 is 0. The van der Waals surface area contributed by atoms with Crippen LogP contribution in [-0.2, 0) is 24.1 Å². The number of hydrogen-bond donors (Lipinski definition) is 2. The smallest absolute Gasteiger partial charge is 0.419 e. The molecule has 192 valence electrons. The van der Waals surface area contributed by atoms with Crippen molar-refractivity contribution in [2.75, 3.05) is 29.7 Å². The zero-order chi connectivity index (χ0) is 26.2. The summed E-state index contributed by atoms with van der Waals surface area (Å²) in [5.74, 6) is 0.827. The van der Waals surface area contributed by atoms with E-state index in [0.717, 1.165) is 11.6 Å². The molecule has 1 amide bonds. The lowest BCUT2D eigenvalue weighted by atomic mass is 9.99. The van der Waals surface area contributed by atoms with Gasteiger partial charge in [0.2, 0.25) is 11.9 Å². The van der Waals surface area contributed by atoms with Crippen molar-refractivity contribution >= 4 is 23.4 Å². The van der Waals surface area contributed by atoms with Gasteiger partial charge in [-0.3, -0.25) is 9.48 Å². The molecule has 2 N–H and O–H groups in total. The van der Waals surface area contributed by atoms with Crippen LogP contribution in [0.1, 0.15) is 36.2 Å². The Hall–Kier alpha value is -3.83. The molecule has 1 unspecified atom stereocenters. The topological polar surface area (TPSA) is 97.2 Å². The summed E-state index contributed by atoms with van der Waals surface area (Å²) in [6.45, 7) is 6.29. The molecule has 1 atom stereocenters. The molecule has 0 fully saturated rings. The van der Waals surface area contributed by atoms with E-state index in [1.165, 1.54) is 13.2 Å². The van der Waals surface area contributed by atoms with E-state index in [-0.39, 0.29) is 30.2 Å². The third kappa shape index (κ3) is 5.07. The molecule has 1 aliphatic heterocycles. The zero-order valence-corrected chi connectivity index (χ0v) is 20.6. The standard InChI is InChI=1S/C24H28F3N7O2/c1-13(2)20-22(35)31-19-14(3)30-23(32-21(19)33(20)4)28-9-16-10-29-34(12-16)11-15-6-7-18(36-5)17(8-15)24(25,26)27/h6-8,10,12-13,20H,9,11H2,1-5H3,(H,31,35)(H,28,30,32). The summed E-state index contributed by atoms with van der Waals surface area (Å²) in [5.41, 5.74) is 1.66. The van der Waals surface area contributed by atoms with Gasteiger partial charge in [0.05, 0.1) is 31.1 Å². The highest BCUT2D eigenvalue weighted by atomic mass is 19.4. The predicted octanol–water partition coefficient (Wildman–Crippen LogP) is 4.08. The molecule has 0 saturated carbocycles. The SMILES string of the molecule is COc1ccc(Cn2cc(CNc3nc(C)c4c(n3)N(C)C(C(C)C)C(=O)N4)cn2)cc1C(F)(F)F. The minimum absolute atomic E-state index is 0.0842. The Morgan fingerprint density at radius 3 is 2.64 bits per heavy atom. The second-order valence-corrected chi connectivity index (χ2v) is 9.05. The van der Waals surface area contributed by atoms with E-state index in [2.05, 4.69) is 25.7 Å². The van der Waals surface area contributed by atoms with Gasteiger partial charge in [0.1, 0.15) is 17.5 Å². The van der Waals surface area contributed by atoms with E-state index in [1.54, 1.807) is 30.1 Å². The van der Waals surface area contributed by atoms with Gasteiger partial charge in [0.15, 0.2) is 5.82 Å². The van der Waals surface area contributed by atoms with Crippen LogP contribution in [0.15, 0.2) is 30.6 Å². The van der Waals surface area contributed by atoms with Crippen LogP contribution in [0.3, 0.4) is 0 Å². The normalized spacial score (nSPS) is 15.6. The van der Waals surface area contributed by atoms with Crippen molar-refractivity contribution in [2.24, 2.45) is 5.92 Å². The van der Waals surface area contributed by atoms with E-state index in [4.69, 9.17) is 4.74 Å². The molecule has 9 nitrogen and oxygen atoms in total. The number of aryl methyl sites for hydroxylation is 1. The second kappa shape index (κ2) is 9.67. The Balaban J connectivity index is 1.47. The van der Waals surface area contributed by atoms with Crippen molar-refractivity contribution in [3.8, 4) is 5.75 Å². The Labute approximate surface area is 206 Å². The van der Waals surface area contributed by atoms with Gasteiger partial charge in [0, 0.05) is 25.4 Å². The molecule has 1 aliphatic rings. The maximum Gasteiger partial charge on any atom is 0.419 e. The molecule has 0 saturated heterocycles. The van der Waals surface area contributed by atoms with E-state index >= 15 is 0 Å². The highest BCUT2D eigenvalue weighted by Crippen LogP contribution is 2.37. The van der Waals surface area contributed by atoms with Crippen LogP contribution in [0.5, 0.6) is 5.75 Å². The molecular formula is C24H28F3N7O2. The van der Waals surface area contributed by atoms with Crippen LogP contribution in [0.2, 0.25) is 0 Å². The van der Waals surface area contributed by atoms with Gasteiger partial charge >= 0.3 is 6.18 Å². The van der Waals surface area contributed by atoms with Crippen LogP contribution >= 0.6 is 0 Å². The summed E-state index contributed by atoms with van der Waals surface area (Å²) in [4.78, 5) is 23.4. The first-order chi connectivity index (χ1) is 17.0. The molecule has 1 aromatic carbocycles. The van der Waals surface area contributed by atoms with Crippen molar-refractivity contribution in [2.45, 2.75) is 46.1 Å². The number of benzene rings is 1. The predicted molar refractivity (Wildman–Crippen MR) is 129 cm³/mol. The number of amides is 1. The molecular weight excluding hydrogens is 475 g/mol. The quantitative estimate of drug-likeness (QED) is 0.502. The van der Waals surface area contributed by atoms with E-state index in [9.17, 15) is 18.0 Å². The number of halogens is 3. The Morgan fingerprint density at radius 2 is 1.97 bits per heavy atom. The second-order valence-electron chi connectivity index (χ2n) is 9.05. The number of ether oxygens (including phenoxy) is 1. The van der Waals surface area contributed by atoms with E-state index in [0.29, 0.717) is 35.3 Å². The number of alkyl halides is 3. The average molecular weight is 504 g/mol. The Morgan fingerprint density at radius 1 is 1.22 bits per heavy atom. The van der Waals surface area contributed by atoms with Gasteiger partial charge < -0.3 is 20.3 Å². The average Bonchev–Trinajstić information content (AvgIpc) is 3.25. The largest absolute Gasteiger partial charge is 0.496 e. The van der Waals surface area contributed by atoms with Crippen LogP contribution in [0.25, 0.3) is 0 Å². The zero-order valence-electron chi connectivity index (χ0n) is 20.6. The van der Waals surface area contributed by atoms with Crippen molar-refractivity contribution in [3.05, 3.63) is 53.0 Å². The number of hydrogen-bond acceptors (Lipinski definition) is 7. The number of carbonyl (C=O) groups is 1. The summed E-state index contributed by atoms with van der Waals surface area (Å²) in [6.07, 6.45) is -1.13. The molecule has 2 aromatic heterocycles. The van der Waals surface area contributed by atoms with Gasteiger partial charge in [-0.2, -0.15) is 23.3 Å². The van der Waals surface area contributed by atoms with Crippen molar-refractivity contribution < 1.29 is 22.7 Å². The number of nitrogens with zero attached hydrogens (tertiary/aromatic N) is 5. The minimum atomic E-state index is -4.51. The van der Waals surface area contributed by atoms with Crippen LogP contribution < -0.4 is 20.3 Å². The molecule has 12 heteroatoms. The van der Waals surface area contributed by atoms with E-state index in [1.807, 2.05) is 25.8 Å². The Bertz CT molecular complexity index is 1270. The molecule has 0 bridgehead atoms. The van der Waals surface area contributed by atoms with Gasteiger partial charge in [-0.25, -0.2) is 4.98 Å². The highest BCUT2D eigenvalue weighted by molar-refractivity contribution is 6.03. The lowest BCUT2D eigenvalue weighted by Gasteiger charge is -2.36. The third-order valence-electron chi connectivity index (χ3n) is 6.02. The summed E-state index contributed by atoms with van der Waals surface area (Å²) in [6, 6.07) is 3.62. The monoisotopic (exact) mass is 503 g/mol. The van der Waals surface area contributed by atoms with Crippen molar-refractivity contribution in [1.29, 1.82) is 0 Å². The number of aromatic nitrogens is 4. The number of methoxy groups -OCH3 is 1. The number of fused-ring (bicyclic) bond motifs is 1. The lowest BCUT2D eigenvalue weighted by Crippen LogP contribution is -2.49. The summed E-state index contributed by atoms with van der Waals surface area (Å²) < 4.78 is 46.3. The maximum absolute atomic E-state index is 13.3. The van der Waals surface area contributed by atoms with Gasteiger partial charge in [-0.15, -0.1) is 0 Å². The lowest BCUT2D eigenvalue weighted by molar-refractivity contribution is -0.138. The number of likely N-dealkylation sites (N-methyl/N-ethyl adjacent to an activating group) is 1. The number of nitrogens with one attached hydrogen (secondary N) is 2. The molecule has 0 spiro atoms. The minimum Gasteiger partial charge on any atom is -0.496 e. The first-order valence-electron chi connectivity index (χ1n) is 11.4. The van der Waals surface area contributed by atoms with Crippen molar-refractivity contribution in [3.63, 3.8) is 0 Å². The summed E-state index contributed by atoms with van der Waals surface area (Å²) in [5, 5.41) is 10.3. The molecule has 3 heterocycles. The highest BCUT2D eigenvalue weighted by Gasteiger charge is 2.36. The molecule has 0 aliphatic carbocycles. The number of carbonyl (C=O) groups excluding carboxylic acids is 1. The van der Waals surface area contributed by atoms with Gasteiger partial charge in [-0.05, 0) is 30.5 Å². The fourth-order valence-corrected chi connectivity index (χ4v) is 4.32. The molecule has 3 aromatic rings. The first kappa shape index (κ1) is 25.3. The fraction of sp³-hybridized carbons (Fsp3) is 0.417.